The maximum Gasteiger partial charge on any atom is 0.218 e. The van der Waals surface area contributed by atoms with Crippen molar-refractivity contribution < 1.29 is 8.42 Å². The summed E-state index contributed by atoms with van der Waals surface area (Å²) in [5.41, 5.74) is 0.642. The summed E-state index contributed by atoms with van der Waals surface area (Å²) in [4.78, 5) is 4.31. The number of sulfonamides is 1. The van der Waals surface area contributed by atoms with Crippen LogP contribution in [0.3, 0.4) is 0 Å². The minimum atomic E-state index is -3.44. The lowest BCUT2D eigenvalue weighted by atomic mass is 10.1. The molecule has 3 rings (SSSR count). The summed E-state index contributed by atoms with van der Waals surface area (Å²) in [6.45, 7) is 0.536. The summed E-state index contributed by atoms with van der Waals surface area (Å²) in [7, 11) is -3.44. The number of halogens is 2. The van der Waals surface area contributed by atoms with Crippen LogP contribution in [0.1, 0.15) is 35.9 Å². The van der Waals surface area contributed by atoms with Gasteiger partial charge in [0.2, 0.25) is 10.0 Å². The number of benzene rings is 1. The zero-order chi connectivity index (χ0) is 16.4. The first-order chi connectivity index (χ1) is 11.0. The number of aromatic nitrogens is 1. The molecule has 0 aliphatic carbocycles. The average Bonchev–Trinajstić information content (AvgIpc) is 3.05. The highest BCUT2D eigenvalue weighted by Crippen LogP contribution is 2.35. The summed E-state index contributed by atoms with van der Waals surface area (Å²) in [5.74, 6) is -0.0776. The van der Waals surface area contributed by atoms with Gasteiger partial charge in [0, 0.05) is 18.1 Å². The Morgan fingerprint density at radius 1 is 1.26 bits per heavy atom. The van der Waals surface area contributed by atoms with Gasteiger partial charge in [0.1, 0.15) is 5.01 Å². The smallest absolute Gasteiger partial charge is 0.218 e. The van der Waals surface area contributed by atoms with Gasteiger partial charge in [-0.2, -0.15) is 4.31 Å². The minimum Gasteiger partial charge on any atom is -0.248 e. The molecular formula is C15H16Cl2N2O2S2. The SMILES string of the molecule is O=S(=O)(Cc1ccc(Cl)c(Cl)c1)N1CCCC[C@H]1c1nccs1. The molecule has 0 unspecified atom stereocenters. The van der Waals surface area contributed by atoms with Crippen molar-refractivity contribution in [1.82, 2.24) is 9.29 Å². The highest BCUT2D eigenvalue weighted by Gasteiger charge is 2.34. The van der Waals surface area contributed by atoms with E-state index in [1.807, 2.05) is 5.38 Å². The molecule has 1 atom stereocenters. The second kappa shape index (κ2) is 7.07. The third-order valence-corrected chi connectivity index (χ3v) is 7.35. The molecular weight excluding hydrogens is 375 g/mol. The standard InChI is InChI=1S/C15H16Cl2N2O2S2/c16-12-5-4-11(9-13(12)17)10-23(20,21)19-7-2-1-3-14(19)15-18-6-8-22-15/h4-6,8-9,14H,1-3,7,10H2/t14-/m0/s1. The zero-order valence-corrected chi connectivity index (χ0v) is 15.4. The Balaban J connectivity index is 1.86. The molecule has 2 heterocycles. The van der Waals surface area contributed by atoms with Crippen LogP contribution in [-0.2, 0) is 15.8 Å². The first-order valence-electron chi connectivity index (χ1n) is 7.30. The quantitative estimate of drug-likeness (QED) is 0.771. The van der Waals surface area contributed by atoms with Crippen molar-refractivity contribution in [2.24, 2.45) is 0 Å². The normalized spacial score (nSPS) is 19.8. The topological polar surface area (TPSA) is 50.3 Å². The maximum absolute atomic E-state index is 12.9. The van der Waals surface area contributed by atoms with Crippen LogP contribution in [0.15, 0.2) is 29.8 Å². The van der Waals surface area contributed by atoms with Gasteiger partial charge >= 0.3 is 0 Å². The minimum absolute atomic E-state index is 0.0776. The number of thiazole rings is 1. The van der Waals surface area contributed by atoms with Crippen LogP contribution in [0.2, 0.25) is 10.0 Å². The van der Waals surface area contributed by atoms with Crippen molar-refractivity contribution in [1.29, 1.82) is 0 Å². The van der Waals surface area contributed by atoms with E-state index < -0.39 is 10.0 Å². The molecule has 8 heteroatoms. The lowest BCUT2D eigenvalue weighted by Gasteiger charge is -2.33. The fourth-order valence-corrected chi connectivity index (χ4v) is 5.75. The van der Waals surface area contributed by atoms with E-state index in [1.165, 1.54) is 11.3 Å². The summed E-state index contributed by atoms with van der Waals surface area (Å²) in [6, 6.07) is 4.79. The zero-order valence-electron chi connectivity index (χ0n) is 12.3. The predicted molar refractivity (Wildman–Crippen MR) is 94.5 cm³/mol. The second-order valence-electron chi connectivity index (χ2n) is 5.50. The average molecular weight is 391 g/mol. The lowest BCUT2D eigenvalue weighted by molar-refractivity contribution is 0.255. The van der Waals surface area contributed by atoms with Crippen LogP contribution in [0.4, 0.5) is 0 Å². The molecule has 23 heavy (non-hydrogen) atoms. The van der Waals surface area contributed by atoms with E-state index in [0.717, 1.165) is 24.3 Å². The summed E-state index contributed by atoms with van der Waals surface area (Å²) < 4.78 is 27.4. The third-order valence-electron chi connectivity index (χ3n) is 3.88. The number of hydrogen-bond donors (Lipinski definition) is 0. The summed E-state index contributed by atoms with van der Waals surface area (Å²) in [5, 5.41) is 3.54. The van der Waals surface area contributed by atoms with Crippen molar-refractivity contribution in [2.75, 3.05) is 6.54 Å². The van der Waals surface area contributed by atoms with Gasteiger partial charge in [0.15, 0.2) is 0 Å². The Labute approximate surface area is 150 Å². The second-order valence-corrected chi connectivity index (χ2v) is 9.16. The first kappa shape index (κ1) is 17.2. The van der Waals surface area contributed by atoms with E-state index >= 15 is 0 Å². The molecule has 0 bridgehead atoms. The number of hydrogen-bond acceptors (Lipinski definition) is 4. The van der Waals surface area contributed by atoms with E-state index in [9.17, 15) is 8.42 Å². The molecule has 0 amide bonds. The van der Waals surface area contributed by atoms with E-state index in [0.29, 0.717) is 22.2 Å². The van der Waals surface area contributed by atoms with Crippen molar-refractivity contribution in [3.8, 4) is 0 Å². The summed E-state index contributed by atoms with van der Waals surface area (Å²) in [6.07, 6.45) is 4.43. The van der Waals surface area contributed by atoms with Crippen LogP contribution in [-0.4, -0.2) is 24.3 Å². The van der Waals surface area contributed by atoms with Crippen LogP contribution in [0.25, 0.3) is 0 Å². The Morgan fingerprint density at radius 2 is 2.09 bits per heavy atom. The Kier molecular flexibility index (Phi) is 5.28. The van der Waals surface area contributed by atoms with Crippen LogP contribution < -0.4 is 0 Å². The van der Waals surface area contributed by atoms with Crippen molar-refractivity contribution >= 4 is 44.6 Å². The van der Waals surface area contributed by atoms with Crippen LogP contribution in [0.5, 0.6) is 0 Å². The molecule has 1 fully saturated rings. The van der Waals surface area contributed by atoms with Crippen molar-refractivity contribution in [3.05, 3.63) is 50.4 Å². The molecule has 2 aromatic rings. The highest BCUT2D eigenvalue weighted by atomic mass is 35.5. The molecule has 1 aliphatic rings. The number of piperidine rings is 1. The molecule has 0 radical (unpaired) electrons. The molecule has 0 N–H and O–H groups in total. The van der Waals surface area contributed by atoms with Crippen molar-refractivity contribution in [3.63, 3.8) is 0 Å². The monoisotopic (exact) mass is 390 g/mol. The molecule has 0 spiro atoms. The van der Waals surface area contributed by atoms with E-state index in [4.69, 9.17) is 23.2 Å². The van der Waals surface area contributed by atoms with Gasteiger partial charge in [-0.25, -0.2) is 13.4 Å². The summed E-state index contributed by atoms with van der Waals surface area (Å²) >= 11 is 13.4. The molecule has 0 saturated carbocycles. The van der Waals surface area contributed by atoms with E-state index in [-0.39, 0.29) is 11.8 Å². The molecule has 1 aromatic carbocycles. The van der Waals surface area contributed by atoms with Gasteiger partial charge in [0.25, 0.3) is 0 Å². The Bertz CT molecular complexity index is 779. The maximum atomic E-state index is 12.9. The Morgan fingerprint density at radius 3 is 2.78 bits per heavy atom. The molecule has 1 aromatic heterocycles. The fourth-order valence-electron chi connectivity index (χ4n) is 2.81. The van der Waals surface area contributed by atoms with Crippen LogP contribution in [0, 0.1) is 0 Å². The molecule has 124 valence electrons. The molecule has 4 nitrogen and oxygen atoms in total. The van der Waals surface area contributed by atoms with Gasteiger partial charge < -0.3 is 0 Å². The van der Waals surface area contributed by atoms with Crippen molar-refractivity contribution in [2.45, 2.75) is 31.1 Å². The Hall–Kier alpha value is -0.660. The molecule has 1 saturated heterocycles. The van der Waals surface area contributed by atoms with Gasteiger partial charge in [-0.3, -0.25) is 0 Å². The third kappa shape index (κ3) is 3.88. The number of nitrogens with zero attached hydrogens (tertiary/aromatic N) is 2. The van der Waals surface area contributed by atoms with Gasteiger partial charge in [-0.05, 0) is 30.5 Å². The largest absolute Gasteiger partial charge is 0.248 e. The van der Waals surface area contributed by atoms with Crippen LogP contribution >= 0.6 is 34.5 Å². The predicted octanol–water partition coefficient (Wildman–Crippen LogP) is 4.51. The van der Waals surface area contributed by atoms with E-state index in [1.54, 1.807) is 28.7 Å². The van der Waals surface area contributed by atoms with Gasteiger partial charge in [0.05, 0.1) is 21.8 Å². The molecule has 1 aliphatic heterocycles. The fraction of sp³-hybridized carbons (Fsp3) is 0.400. The van der Waals surface area contributed by atoms with Gasteiger partial charge in [-0.15, -0.1) is 11.3 Å². The number of rotatable bonds is 4. The highest BCUT2D eigenvalue weighted by molar-refractivity contribution is 7.88. The first-order valence-corrected chi connectivity index (χ1v) is 10.5. The lowest BCUT2D eigenvalue weighted by Crippen LogP contribution is -2.39. The van der Waals surface area contributed by atoms with E-state index in [2.05, 4.69) is 4.98 Å². The van der Waals surface area contributed by atoms with Gasteiger partial charge in [-0.1, -0.05) is 35.7 Å².